The Labute approximate surface area is 102 Å². The Hall–Kier alpha value is -1.76. The van der Waals surface area contributed by atoms with Crippen molar-refractivity contribution in [1.29, 1.82) is 0 Å². The van der Waals surface area contributed by atoms with Gasteiger partial charge in [0.05, 0.1) is 11.3 Å². The first-order chi connectivity index (χ1) is 8.00. The Bertz CT molecular complexity index is 479. The van der Waals surface area contributed by atoms with Crippen molar-refractivity contribution in [2.45, 2.75) is 25.3 Å². The van der Waals surface area contributed by atoms with Crippen molar-refractivity contribution in [3.8, 4) is 0 Å². The lowest BCUT2D eigenvalue weighted by Crippen LogP contribution is -2.27. The molecule has 1 aromatic heterocycles. The van der Waals surface area contributed by atoms with Crippen LogP contribution in [0.4, 0.5) is 10.7 Å². The van der Waals surface area contributed by atoms with Crippen LogP contribution in [0.5, 0.6) is 0 Å². The fourth-order valence-corrected chi connectivity index (χ4v) is 2.77. The van der Waals surface area contributed by atoms with E-state index in [9.17, 15) is 9.59 Å². The zero-order valence-corrected chi connectivity index (χ0v) is 9.97. The molecule has 1 fully saturated rings. The maximum Gasteiger partial charge on any atom is 0.260 e. The van der Waals surface area contributed by atoms with Gasteiger partial charge in [0.15, 0.2) is 0 Å². The van der Waals surface area contributed by atoms with E-state index in [1.54, 1.807) is 0 Å². The van der Waals surface area contributed by atoms with Crippen molar-refractivity contribution in [1.82, 2.24) is 0 Å². The molecule has 2 rings (SSSR count). The molecule has 1 saturated carbocycles. The molecule has 6 nitrogen and oxygen atoms in total. The minimum atomic E-state index is -0.645. The van der Waals surface area contributed by atoms with Crippen LogP contribution in [0.2, 0.25) is 0 Å². The molecule has 1 aromatic rings. The van der Waals surface area contributed by atoms with Crippen LogP contribution in [0.3, 0.4) is 0 Å². The SMILES string of the molecule is NC(=O)c1sc(NC2CCC2)c(C(N)=O)c1N. The standard InChI is InChI=1S/C10H14N4O2S/c11-6-5(8(12)15)10(14-4-2-1-3-4)17-7(6)9(13)16/h4,14H,1-3,11H2,(H2,12,15)(H2,13,16). The number of amides is 2. The van der Waals surface area contributed by atoms with E-state index >= 15 is 0 Å². The van der Waals surface area contributed by atoms with Gasteiger partial charge in [-0.15, -0.1) is 11.3 Å². The second-order valence-electron chi connectivity index (χ2n) is 4.05. The first kappa shape index (κ1) is 11.7. The van der Waals surface area contributed by atoms with Crippen molar-refractivity contribution in [2.75, 3.05) is 11.1 Å². The smallest absolute Gasteiger partial charge is 0.260 e. The highest BCUT2D eigenvalue weighted by molar-refractivity contribution is 7.19. The van der Waals surface area contributed by atoms with E-state index in [0.717, 1.165) is 30.6 Å². The molecule has 0 aromatic carbocycles. The zero-order chi connectivity index (χ0) is 12.6. The van der Waals surface area contributed by atoms with Crippen LogP contribution in [0.25, 0.3) is 0 Å². The molecule has 7 heteroatoms. The molecule has 0 aliphatic heterocycles. The Morgan fingerprint density at radius 2 is 1.88 bits per heavy atom. The number of carbonyl (C=O) groups excluding carboxylic acids is 2. The highest BCUT2D eigenvalue weighted by Crippen LogP contribution is 2.37. The van der Waals surface area contributed by atoms with E-state index in [1.165, 1.54) is 0 Å². The van der Waals surface area contributed by atoms with Gasteiger partial charge in [-0.25, -0.2) is 0 Å². The van der Waals surface area contributed by atoms with Gasteiger partial charge in [0.25, 0.3) is 11.8 Å². The topological polar surface area (TPSA) is 124 Å². The summed E-state index contributed by atoms with van der Waals surface area (Å²) < 4.78 is 0. The molecule has 0 saturated heterocycles. The van der Waals surface area contributed by atoms with Gasteiger partial charge in [-0.3, -0.25) is 9.59 Å². The van der Waals surface area contributed by atoms with Crippen molar-refractivity contribution in [3.05, 3.63) is 10.4 Å². The number of nitrogen functional groups attached to an aromatic ring is 1. The van der Waals surface area contributed by atoms with Gasteiger partial charge >= 0.3 is 0 Å². The van der Waals surface area contributed by atoms with Gasteiger partial charge in [-0.1, -0.05) is 0 Å². The third-order valence-electron chi connectivity index (χ3n) is 2.86. The molecule has 92 valence electrons. The summed E-state index contributed by atoms with van der Waals surface area (Å²) in [6, 6.07) is 0.326. The summed E-state index contributed by atoms with van der Waals surface area (Å²) in [5, 5.41) is 3.72. The summed E-state index contributed by atoms with van der Waals surface area (Å²) in [6.45, 7) is 0. The number of anilines is 2. The van der Waals surface area contributed by atoms with Gasteiger partial charge in [-0.2, -0.15) is 0 Å². The van der Waals surface area contributed by atoms with Crippen LogP contribution in [0, 0.1) is 0 Å². The van der Waals surface area contributed by atoms with E-state index in [1.807, 2.05) is 0 Å². The second-order valence-corrected chi connectivity index (χ2v) is 5.07. The van der Waals surface area contributed by atoms with Crippen molar-refractivity contribution in [3.63, 3.8) is 0 Å². The number of primary amides is 2. The Morgan fingerprint density at radius 3 is 2.29 bits per heavy atom. The van der Waals surface area contributed by atoms with E-state index in [4.69, 9.17) is 17.2 Å². The van der Waals surface area contributed by atoms with Gasteiger partial charge in [0, 0.05) is 6.04 Å². The highest BCUT2D eigenvalue weighted by atomic mass is 32.1. The summed E-state index contributed by atoms with van der Waals surface area (Å²) >= 11 is 1.09. The van der Waals surface area contributed by atoms with E-state index in [0.29, 0.717) is 11.0 Å². The van der Waals surface area contributed by atoms with Crippen LogP contribution in [-0.2, 0) is 0 Å². The van der Waals surface area contributed by atoms with Gasteiger partial charge < -0.3 is 22.5 Å². The fraction of sp³-hybridized carbons (Fsp3) is 0.400. The summed E-state index contributed by atoms with van der Waals surface area (Å²) in [4.78, 5) is 22.7. The van der Waals surface area contributed by atoms with Gasteiger partial charge in [0.2, 0.25) is 0 Å². The third-order valence-corrected chi connectivity index (χ3v) is 4.01. The predicted molar refractivity (Wildman–Crippen MR) is 67.0 cm³/mol. The van der Waals surface area contributed by atoms with Crippen LogP contribution >= 0.6 is 11.3 Å². The van der Waals surface area contributed by atoms with E-state index in [2.05, 4.69) is 5.32 Å². The molecule has 1 aliphatic rings. The van der Waals surface area contributed by atoms with Crippen molar-refractivity contribution >= 4 is 33.8 Å². The minimum absolute atomic E-state index is 0.0804. The largest absolute Gasteiger partial charge is 0.397 e. The first-order valence-electron chi connectivity index (χ1n) is 5.29. The zero-order valence-electron chi connectivity index (χ0n) is 9.16. The molecule has 1 aliphatic carbocycles. The molecule has 0 atom stereocenters. The lowest BCUT2D eigenvalue weighted by molar-refractivity contribution is 0.0999. The molecule has 17 heavy (non-hydrogen) atoms. The fourth-order valence-electron chi connectivity index (χ4n) is 1.71. The normalized spacial score (nSPS) is 15.3. The number of carbonyl (C=O) groups is 2. The average molecular weight is 254 g/mol. The first-order valence-corrected chi connectivity index (χ1v) is 6.10. The van der Waals surface area contributed by atoms with Gasteiger partial charge in [-0.05, 0) is 19.3 Å². The van der Waals surface area contributed by atoms with Crippen molar-refractivity contribution in [2.24, 2.45) is 11.5 Å². The molecule has 0 radical (unpaired) electrons. The predicted octanol–water partition coefficient (Wildman–Crippen LogP) is 0.492. The van der Waals surface area contributed by atoms with Crippen molar-refractivity contribution < 1.29 is 9.59 Å². The van der Waals surface area contributed by atoms with Gasteiger partial charge in [0.1, 0.15) is 9.88 Å². The number of nitrogens with one attached hydrogen (secondary N) is 1. The summed E-state index contributed by atoms with van der Waals surface area (Å²) in [5.74, 6) is -1.29. The van der Waals surface area contributed by atoms with Crippen LogP contribution in [-0.4, -0.2) is 17.9 Å². The maximum atomic E-state index is 11.3. The average Bonchev–Trinajstić information content (AvgIpc) is 2.49. The number of hydrogen-bond acceptors (Lipinski definition) is 5. The molecule has 0 unspecified atom stereocenters. The monoisotopic (exact) mass is 254 g/mol. The Morgan fingerprint density at radius 1 is 1.24 bits per heavy atom. The van der Waals surface area contributed by atoms with E-state index < -0.39 is 11.8 Å². The highest BCUT2D eigenvalue weighted by Gasteiger charge is 2.26. The van der Waals surface area contributed by atoms with Crippen LogP contribution < -0.4 is 22.5 Å². The molecule has 2 amide bonds. The Kier molecular flexibility index (Phi) is 2.93. The quantitative estimate of drug-likeness (QED) is 0.624. The van der Waals surface area contributed by atoms with Crippen LogP contribution in [0.15, 0.2) is 0 Å². The molecular weight excluding hydrogens is 240 g/mol. The number of rotatable bonds is 4. The lowest BCUT2D eigenvalue weighted by atomic mass is 9.93. The number of nitrogens with two attached hydrogens (primary N) is 3. The third kappa shape index (κ3) is 2.05. The summed E-state index contributed by atoms with van der Waals surface area (Å²) in [5.41, 5.74) is 16.4. The van der Waals surface area contributed by atoms with Crippen LogP contribution in [0.1, 0.15) is 39.3 Å². The lowest BCUT2D eigenvalue weighted by Gasteiger charge is -2.27. The Balaban J connectivity index is 2.37. The number of hydrogen-bond donors (Lipinski definition) is 4. The molecule has 0 spiro atoms. The second kappa shape index (κ2) is 4.25. The summed E-state index contributed by atoms with van der Waals surface area (Å²) in [7, 11) is 0. The minimum Gasteiger partial charge on any atom is -0.397 e. The molecular formula is C10H14N4O2S. The molecule has 7 N–H and O–H groups in total. The van der Waals surface area contributed by atoms with E-state index in [-0.39, 0.29) is 16.1 Å². The summed E-state index contributed by atoms with van der Waals surface area (Å²) in [6.07, 6.45) is 3.25. The molecule has 1 heterocycles. The maximum absolute atomic E-state index is 11.3. The number of thiophene rings is 1. The molecule has 0 bridgehead atoms.